The van der Waals surface area contributed by atoms with Crippen LogP contribution in [-0.2, 0) is 4.74 Å². The van der Waals surface area contributed by atoms with Crippen molar-refractivity contribution in [1.29, 1.82) is 0 Å². The van der Waals surface area contributed by atoms with E-state index in [1.807, 2.05) is 0 Å². The zero-order chi connectivity index (χ0) is 12.5. The minimum absolute atomic E-state index is 0.424. The smallest absolute Gasteiger partial charge is 0.411 e. The quantitative estimate of drug-likeness (QED) is 0.587. The molecule has 0 unspecified atom stereocenters. The molecule has 17 heavy (non-hydrogen) atoms. The van der Waals surface area contributed by atoms with Crippen LogP contribution in [0, 0.1) is 0 Å². The molecule has 1 aromatic carbocycles. The molecule has 0 radical (unpaired) electrons. The first kappa shape index (κ1) is 13.4. The van der Waals surface area contributed by atoms with Crippen molar-refractivity contribution in [2.45, 2.75) is 32.6 Å². The van der Waals surface area contributed by atoms with Crippen molar-refractivity contribution in [3.05, 3.63) is 24.3 Å². The molecule has 0 aliphatic heterocycles. The average molecular weight is 236 g/mol. The van der Waals surface area contributed by atoms with Gasteiger partial charge in [-0.1, -0.05) is 32.3 Å². The van der Waals surface area contributed by atoms with Crippen LogP contribution in [0.3, 0.4) is 0 Å². The van der Waals surface area contributed by atoms with Crippen molar-refractivity contribution >= 4 is 17.5 Å². The van der Waals surface area contributed by atoms with Crippen molar-refractivity contribution in [2.24, 2.45) is 0 Å². The lowest BCUT2D eigenvalue weighted by Crippen LogP contribution is -2.14. The van der Waals surface area contributed by atoms with Gasteiger partial charge in [0.15, 0.2) is 0 Å². The van der Waals surface area contributed by atoms with E-state index in [9.17, 15) is 4.79 Å². The van der Waals surface area contributed by atoms with Gasteiger partial charge in [-0.25, -0.2) is 4.79 Å². The topological polar surface area (TPSA) is 64.3 Å². The van der Waals surface area contributed by atoms with Crippen LogP contribution >= 0.6 is 0 Å². The molecule has 3 N–H and O–H groups in total. The Morgan fingerprint density at radius 1 is 1.35 bits per heavy atom. The number of anilines is 2. The number of nitrogens with two attached hydrogens (primary N) is 1. The van der Waals surface area contributed by atoms with Gasteiger partial charge in [-0.15, -0.1) is 0 Å². The molecule has 1 aromatic rings. The van der Waals surface area contributed by atoms with Gasteiger partial charge in [-0.05, 0) is 24.6 Å². The summed E-state index contributed by atoms with van der Waals surface area (Å²) >= 11 is 0. The molecule has 4 heteroatoms. The zero-order valence-electron chi connectivity index (χ0n) is 10.2. The first-order chi connectivity index (χ1) is 8.22. The Kier molecular flexibility index (Phi) is 5.93. The fraction of sp³-hybridized carbons (Fsp3) is 0.462. The summed E-state index contributed by atoms with van der Waals surface area (Å²) in [6.45, 7) is 2.61. The van der Waals surface area contributed by atoms with Gasteiger partial charge >= 0.3 is 6.09 Å². The van der Waals surface area contributed by atoms with Gasteiger partial charge in [0, 0.05) is 11.4 Å². The van der Waals surface area contributed by atoms with E-state index in [0.717, 1.165) is 12.8 Å². The molecular weight excluding hydrogens is 216 g/mol. The highest BCUT2D eigenvalue weighted by Gasteiger charge is 2.02. The summed E-state index contributed by atoms with van der Waals surface area (Å²) in [5, 5.41) is 2.63. The lowest BCUT2D eigenvalue weighted by Gasteiger charge is -2.07. The molecule has 0 aliphatic rings. The van der Waals surface area contributed by atoms with Crippen LogP contribution in [0.2, 0.25) is 0 Å². The lowest BCUT2D eigenvalue weighted by molar-refractivity contribution is 0.159. The Hall–Kier alpha value is -1.71. The summed E-state index contributed by atoms with van der Waals surface area (Å²) in [7, 11) is 0. The summed E-state index contributed by atoms with van der Waals surface area (Å²) in [5.74, 6) is 0. The number of carbonyl (C=O) groups is 1. The van der Waals surface area contributed by atoms with Gasteiger partial charge in [0.2, 0.25) is 0 Å². The van der Waals surface area contributed by atoms with E-state index in [1.165, 1.54) is 12.8 Å². The third kappa shape index (κ3) is 5.80. The van der Waals surface area contributed by atoms with Gasteiger partial charge in [-0.3, -0.25) is 5.32 Å². The van der Waals surface area contributed by atoms with Crippen LogP contribution in [0.25, 0.3) is 0 Å². The number of nitrogens with one attached hydrogen (secondary N) is 1. The van der Waals surface area contributed by atoms with Crippen molar-refractivity contribution in [1.82, 2.24) is 0 Å². The predicted octanol–water partition coefficient (Wildman–Crippen LogP) is 3.40. The number of hydrogen-bond acceptors (Lipinski definition) is 3. The molecule has 0 aromatic heterocycles. The monoisotopic (exact) mass is 236 g/mol. The van der Waals surface area contributed by atoms with E-state index in [1.54, 1.807) is 24.3 Å². The third-order valence-electron chi connectivity index (χ3n) is 2.36. The van der Waals surface area contributed by atoms with E-state index < -0.39 is 6.09 Å². The standard InChI is InChI=1S/C13H20N2O2/c1-2-3-4-5-9-17-13(16)15-12-8-6-7-11(14)10-12/h6-8,10H,2-5,9,14H2,1H3,(H,15,16). The molecule has 1 amide bonds. The summed E-state index contributed by atoms with van der Waals surface area (Å²) in [5.41, 5.74) is 6.87. The van der Waals surface area contributed by atoms with E-state index in [-0.39, 0.29) is 0 Å². The molecule has 0 saturated heterocycles. The number of unbranched alkanes of at least 4 members (excludes halogenated alkanes) is 3. The number of benzene rings is 1. The van der Waals surface area contributed by atoms with Crippen molar-refractivity contribution < 1.29 is 9.53 Å². The highest BCUT2D eigenvalue weighted by atomic mass is 16.5. The van der Waals surface area contributed by atoms with Crippen LogP contribution in [0.5, 0.6) is 0 Å². The number of nitrogen functional groups attached to an aromatic ring is 1. The van der Waals surface area contributed by atoms with Crippen LogP contribution in [0.1, 0.15) is 32.6 Å². The highest BCUT2D eigenvalue weighted by Crippen LogP contribution is 2.11. The van der Waals surface area contributed by atoms with Gasteiger partial charge in [0.1, 0.15) is 0 Å². The fourth-order valence-electron chi connectivity index (χ4n) is 1.46. The normalized spacial score (nSPS) is 9.94. The van der Waals surface area contributed by atoms with Crippen LogP contribution in [-0.4, -0.2) is 12.7 Å². The van der Waals surface area contributed by atoms with E-state index >= 15 is 0 Å². The molecule has 1 rings (SSSR count). The van der Waals surface area contributed by atoms with Crippen LogP contribution in [0.15, 0.2) is 24.3 Å². The first-order valence-corrected chi connectivity index (χ1v) is 6.01. The number of carbonyl (C=O) groups excluding carboxylic acids is 1. The second kappa shape index (κ2) is 7.54. The first-order valence-electron chi connectivity index (χ1n) is 6.01. The molecule has 94 valence electrons. The Bertz CT molecular complexity index is 353. The number of ether oxygens (including phenoxy) is 1. The number of rotatable bonds is 6. The van der Waals surface area contributed by atoms with Gasteiger partial charge < -0.3 is 10.5 Å². The predicted molar refractivity (Wildman–Crippen MR) is 70.0 cm³/mol. The molecule has 0 fully saturated rings. The molecular formula is C13H20N2O2. The average Bonchev–Trinajstić information content (AvgIpc) is 2.29. The molecule has 0 bridgehead atoms. The third-order valence-corrected chi connectivity index (χ3v) is 2.36. The fourth-order valence-corrected chi connectivity index (χ4v) is 1.46. The molecule has 0 atom stereocenters. The van der Waals surface area contributed by atoms with Gasteiger partial charge in [0.05, 0.1) is 6.61 Å². The van der Waals surface area contributed by atoms with E-state index in [2.05, 4.69) is 12.2 Å². The van der Waals surface area contributed by atoms with Crippen LogP contribution in [0.4, 0.5) is 16.2 Å². The second-order valence-corrected chi connectivity index (χ2v) is 3.95. The van der Waals surface area contributed by atoms with E-state index in [4.69, 9.17) is 10.5 Å². The Balaban J connectivity index is 2.21. The highest BCUT2D eigenvalue weighted by molar-refractivity contribution is 5.85. The number of hydrogen-bond donors (Lipinski definition) is 2. The van der Waals surface area contributed by atoms with E-state index in [0.29, 0.717) is 18.0 Å². The molecule has 0 saturated carbocycles. The second-order valence-electron chi connectivity index (χ2n) is 3.95. The molecule has 0 heterocycles. The maximum Gasteiger partial charge on any atom is 0.411 e. The number of amides is 1. The van der Waals surface area contributed by atoms with Crippen LogP contribution < -0.4 is 11.1 Å². The summed E-state index contributed by atoms with van der Waals surface area (Å²) < 4.78 is 5.04. The Morgan fingerprint density at radius 2 is 2.18 bits per heavy atom. The molecule has 0 spiro atoms. The minimum atomic E-state index is -0.424. The maximum atomic E-state index is 11.4. The largest absolute Gasteiger partial charge is 0.449 e. The van der Waals surface area contributed by atoms with Crippen molar-refractivity contribution in [3.63, 3.8) is 0 Å². The Morgan fingerprint density at radius 3 is 2.88 bits per heavy atom. The van der Waals surface area contributed by atoms with Gasteiger partial charge in [0.25, 0.3) is 0 Å². The maximum absolute atomic E-state index is 11.4. The SMILES string of the molecule is CCCCCCOC(=O)Nc1cccc(N)c1. The molecule has 4 nitrogen and oxygen atoms in total. The minimum Gasteiger partial charge on any atom is -0.449 e. The lowest BCUT2D eigenvalue weighted by atomic mass is 10.2. The van der Waals surface area contributed by atoms with Crippen molar-refractivity contribution in [3.8, 4) is 0 Å². The summed E-state index contributed by atoms with van der Waals surface area (Å²) in [6, 6.07) is 7.01. The molecule has 0 aliphatic carbocycles. The van der Waals surface area contributed by atoms with Crippen molar-refractivity contribution in [2.75, 3.05) is 17.7 Å². The zero-order valence-corrected chi connectivity index (χ0v) is 10.2. The summed E-state index contributed by atoms with van der Waals surface area (Å²) in [6.07, 6.45) is 3.95. The Labute approximate surface area is 102 Å². The summed E-state index contributed by atoms with van der Waals surface area (Å²) in [4.78, 5) is 11.4. The van der Waals surface area contributed by atoms with Gasteiger partial charge in [-0.2, -0.15) is 0 Å².